The summed E-state index contributed by atoms with van der Waals surface area (Å²) >= 11 is 0. The number of fused-ring (bicyclic) bond motifs is 1. The number of carbonyl (C=O) groups is 1. The van der Waals surface area contributed by atoms with E-state index in [1.165, 1.54) is 32.1 Å². The molecule has 1 saturated carbocycles. The third kappa shape index (κ3) is 4.66. The lowest BCUT2D eigenvalue weighted by Gasteiger charge is -2.39. The van der Waals surface area contributed by atoms with E-state index in [9.17, 15) is 4.79 Å². The lowest BCUT2D eigenvalue weighted by atomic mass is 9.91. The quantitative estimate of drug-likeness (QED) is 0.730. The van der Waals surface area contributed by atoms with Gasteiger partial charge in [-0.2, -0.15) is 0 Å². The highest BCUT2D eigenvalue weighted by atomic mass is 16.2. The first kappa shape index (κ1) is 18.8. The van der Waals surface area contributed by atoms with E-state index in [1.54, 1.807) is 0 Å². The van der Waals surface area contributed by atoms with Crippen LogP contribution < -0.4 is 0 Å². The van der Waals surface area contributed by atoms with E-state index >= 15 is 0 Å². The smallest absolute Gasteiger partial charge is 0.222 e. The Morgan fingerprint density at radius 3 is 2.70 bits per heavy atom. The van der Waals surface area contributed by atoms with Crippen LogP contribution >= 0.6 is 0 Å². The summed E-state index contributed by atoms with van der Waals surface area (Å²) in [5.74, 6) is 1.87. The first-order chi connectivity index (χ1) is 13.1. The minimum Gasteiger partial charge on any atom is -0.342 e. The molecule has 1 aromatic rings. The van der Waals surface area contributed by atoms with Gasteiger partial charge in [-0.05, 0) is 63.6 Å². The number of amides is 1. The van der Waals surface area contributed by atoms with Crippen molar-refractivity contribution >= 4 is 5.91 Å². The molecular weight excluding hydrogens is 338 g/mol. The van der Waals surface area contributed by atoms with Crippen LogP contribution in [0.2, 0.25) is 0 Å². The van der Waals surface area contributed by atoms with Crippen LogP contribution in [0, 0.1) is 11.8 Å². The number of nitrogens with zero attached hydrogens (tertiary/aromatic N) is 5. The van der Waals surface area contributed by atoms with Gasteiger partial charge in [-0.25, -0.2) is 9.97 Å². The highest BCUT2D eigenvalue weighted by Crippen LogP contribution is 2.40. The Bertz CT molecular complexity index is 633. The van der Waals surface area contributed by atoms with Gasteiger partial charge in [0.1, 0.15) is 6.33 Å². The predicted octanol–water partition coefficient (Wildman–Crippen LogP) is 1.67. The molecule has 2 saturated heterocycles. The largest absolute Gasteiger partial charge is 0.342 e. The normalized spacial score (nSPS) is 28.6. The molecule has 148 valence electrons. The van der Waals surface area contributed by atoms with Crippen molar-refractivity contribution in [3.63, 3.8) is 0 Å². The van der Waals surface area contributed by atoms with E-state index in [2.05, 4.69) is 38.8 Å². The second-order valence-corrected chi connectivity index (χ2v) is 8.99. The van der Waals surface area contributed by atoms with Crippen molar-refractivity contribution < 1.29 is 4.79 Å². The number of likely N-dealkylation sites (tertiary alicyclic amines) is 2. The highest BCUT2D eigenvalue weighted by Gasteiger charge is 2.45. The van der Waals surface area contributed by atoms with Gasteiger partial charge in [-0.1, -0.05) is 0 Å². The van der Waals surface area contributed by atoms with E-state index in [4.69, 9.17) is 0 Å². The number of hydrogen-bond donors (Lipinski definition) is 0. The van der Waals surface area contributed by atoms with Gasteiger partial charge in [0.05, 0.1) is 0 Å². The lowest BCUT2D eigenvalue weighted by Crippen LogP contribution is -2.49. The van der Waals surface area contributed by atoms with Crippen molar-refractivity contribution in [1.29, 1.82) is 0 Å². The fourth-order valence-corrected chi connectivity index (χ4v) is 5.02. The first-order valence-electron chi connectivity index (χ1n) is 10.5. The van der Waals surface area contributed by atoms with E-state index in [1.807, 2.05) is 12.4 Å². The Labute approximate surface area is 162 Å². The summed E-state index contributed by atoms with van der Waals surface area (Å²) in [6, 6.07) is 1.34. The SMILES string of the molecule is CN(C)C[C@@H]1C[C@@H]2CN(C(=O)CCc3cncnc3)CC[C@@H]2N1CC1CC1. The fraction of sp³-hybridized carbons (Fsp3) is 0.762. The second kappa shape index (κ2) is 8.23. The molecule has 4 rings (SSSR count). The average molecular weight is 372 g/mol. The topological polar surface area (TPSA) is 52.6 Å². The maximum Gasteiger partial charge on any atom is 0.222 e. The van der Waals surface area contributed by atoms with Crippen LogP contribution in [-0.4, -0.2) is 82.9 Å². The molecular formula is C21H33N5O. The number of likely N-dealkylation sites (N-methyl/N-ethyl adjacent to an activating group) is 1. The summed E-state index contributed by atoms with van der Waals surface area (Å²) in [4.78, 5) is 28.1. The molecule has 0 N–H and O–H groups in total. The van der Waals surface area contributed by atoms with Gasteiger partial charge >= 0.3 is 0 Å². The standard InChI is InChI=1S/C21H33N5O/c1-24(2)14-19-9-18-13-25(8-7-20(18)26(19)12-16-3-4-16)21(27)6-5-17-10-22-15-23-11-17/h10-11,15-16,18-20H,3-9,12-14H2,1-2H3/t18-,19+,20+/m1/s1. The van der Waals surface area contributed by atoms with E-state index < -0.39 is 0 Å². The molecule has 3 fully saturated rings. The summed E-state index contributed by atoms with van der Waals surface area (Å²) in [6.07, 6.45) is 11.7. The van der Waals surface area contributed by atoms with E-state index in [0.717, 1.165) is 44.0 Å². The number of piperidine rings is 1. The number of aromatic nitrogens is 2. The zero-order chi connectivity index (χ0) is 18.8. The van der Waals surface area contributed by atoms with Gasteiger partial charge in [0.15, 0.2) is 0 Å². The van der Waals surface area contributed by atoms with Crippen LogP contribution in [0.15, 0.2) is 18.7 Å². The van der Waals surface area contributed by atoms with Gasteiger partial charge in [-0.15, -0.1) is 0 Å². The number of hydrogen-bond acceptors (Lipinski definition) is 5. The zero-order valence-electron chi connectivity index (χ0n) is 16.8. The molecule has 6 nitrogen and oxygen atoms in total. The van der Waals surface area contributed by atoms with Crippen LogP contribution in [0.1, 0.15) is 37.7 Å². The van der Waals surface area contributed by atoms with Crippen molar-refractivity contribution in [2.24, 2.45) is 11.8 Å². The first-order valence-corrected chi connectivity index (χ1v) is 10.5. The fourth-order valence-electron chi connectivity index (χ4n) is 5.02. The molecule has 0 aromatic carbocycles. The van der Waals surface area contributed by atoms with Crippen molar-refractivity contribution in [3.05, 3.63) is 24.3 Å². The van der Waals surface area contributed by atoms with Crippen LogP contribution in [0.5, 0.6) is 0 Å². The van der Waals surface area contributed by atoms with Crippen LogP contribution in [-0.2, 0) is 11.2 Å². The predicted molar refractivity (Wildman–Crippen MR) is 105 cm³/mol. The Balaban J connectivity index is 1.33. The molecule has 3 atom stereocenters. The molecule has 1 aromatic heterocycles. The van der Waals surface area contributed by atoms with Gasteiger partial charge in [0.25, 0.3) is 0 Å². The summed E-state index contributed by atoms with van der Waals surface area (Å²) in [7, 11) is 4.36. The number of rotatable bonds is 7. The molecule has 0 spiro atoms. The molecule has 1 amide bonds. The number of carbonyl (C=O) groups excluding carboxylic acids is 1. The van der Waals surface area contributed by atoms with Crippen molar-refractivity contribution in [3.8, 4) is 0 Å². The third-order valence-corrected chi connectivity index (χ3v) is 6.50. The van der Waals surface area contributed by atoms with E-state index in [-0.39, 0.29) is 0 Å². The van der Waals surface area contributed by atoms with Gasteiger partial charge in [0, 0.05) is 57.1 Å². The Morgan fingerprint density at radius 1 is 1.22 bits per heavy atom. The van der Waals surface area contributed by atoms with Gasteiger partial charge in [-0.3, -0.25) is 9.69 Å². The van der Waals surface area contributed by atoms with Crippen LogP contribution in [0.3, 0.4) is 0 Å². The van der Waals surface area contributed by atoms with Gasteiger partial charge in [0.2, 0.25) is 5.91 Å². The van der Waals surface area contributed by atoms with E-state index in [0.29, 0.717) is 30.3 Å². The summed E-state index contributed by atoms with van der Waals surface area (Å²) in [6.45, 7) is 4.28. The molecule has 0 radical (unpaired) electrons. The Hall–Kier alpha value is -1.53. The molecule has 3 heterocycles. The Kier molecular flexibility index (Phi) is 5.74. The monoisotopic (exact) mass is 371 g/mol. The van der Waals surface area contributed by atoms with Crippen LogP contribution in [0.25, 0.3) is 0 Å². The molecule has 0 unspecified atom stereocenters. The van der Waals surface area contributed by atoms with Crippen molar-refractivity contribution in [1.82, 2.24) is 24.7 Å². The molecule has 0 bridgehead atoms. The minimum atomic E-state index is 0.294. The molecule has 1 aliphatic carbocycles. The lowest BCUT2D eigenvalue weighted by molar-refractivity contribution is -0.133. The van der Waals surface area contributed by atoms with Gasteiger partial charge < -0.3 is 9.80 Å². The third-order valence-electron chi connectivity index (χ3n) is 6.50. The van der Waals surface area contributed by atoms with Crippen molar-refractivity contribution in [2.75, 3.05) is 40.3 Å². The molecule has 27 heavy (non-hydrogen) atoms. The number of aryl methyl sites for hydroxylation is 1. The maximum absolute atomic E-state index is 12.8. The zero-order valence-corrected chi connectivity index (χ0v) is 16.8. The average Bonchev–Trinajstić information content (AvgIpc) is 3.42. The minimum absolute atomic E-state index is 0.294. The molecule has 3 aliphatic rings. The summed E-state index contributed by atoms with van der Waals surface area (Å²) < 4.78 is 0. The molecule has 2 aliphatic heterocycles. The van der Waals surface area contributed by atoms with Crippen LogP contribution in [0.4, 0.5) is 0 Å². The highest BCUT2D eigenvalue weighted by molar-refractivity contribution is 5.76. The second-order valence-electron chi connectivity index (χ2n) is 8.99. The maximum atomic E-state index is 12.8. The molecule has 6 heteroatoms. The summed E-state index contributed by atoms with van der Waals surface area (Å²) in [5.41, 5.74) is 1.04. The Morgan fingerprint density at radius 2 is 2.00 bits per heavy atom. The summed E-state index contributed by atoms with van der Waals surface area (Å²) in [5, 5.41) is 0. The van der Waals surface area contributed by atoms with Crippen molar-refractivity contribution in [2.45, 2.75) is 50.6 Å².